The summed E-state index contributed by atoms with van der Waals surface area (Å²) in [6, 6.07) is 13.5. The first-order valence-corrected chi connectivity index (χ1v) is 12.5. The van der Waals surface area contributed by atoms with Crippen molar-refractivity contribution in [2.45, 2.75) is 32.7 Å². The van der Waals surface area contributed by atoms with Gasteiger partial charge in [-0.05, 0) is 75.1 Å². The second kappa shape index (κ2) is 12.0. The lowest BCUT2D eigenvalue weighted by Gasteiger charge is -2.37. The number of carbonyl (C=O) groups excluding carboxylic acids is 3. The van der Waals surface area contributed by atoms with Crippen LogP contribution in [0.25, 0.3) is 0 Å². The van der Waals surface area contributed by atoms with E-state index in [1.165, 1.54) is 0 Å². The lowest BCUT2D eigenvalue weighted by molar-refractivity contribution is -0.134. The lowest BCUT2D eigenvalue weighted by atomic mass is 9.87. The van der Waals surface area contributed by atoms with Crippen LogP contribution in [0.15, 0.2) is 53.0 Å². The van der Waals surface area contributed by atoms with Crippen LogP contribution in [0.2, 0.25) is 0 Å². The van der Waals surface area contributed by atoms with Crippen LogP contribution >= 0.6 is 15.9 Å². The van der Waals surface area contributed by atoms with Crippen LogP contribution in [0.3, 0.4) is 0 Å². The van der Waals surface area contributed by atoms with E-state index in [9.17, 15) is 14.4 Å². The van der Waals surface area contributed by atoms with Crippen molar-refractivity contribution in [2.75, 3.05) is 33.3 Å². The van der Waals surface area contributed by atoms with Gasteiger partial charge in [-0.3, -0.25) is 14.4 Å². The van der Waals surface area contributed by atoms with Gasteiger partial charge in [0.25, 0.3) is 11.8 Å². The molecule has 1 fully saturated rings. The third-order valence-corrected chi connectivity index (χ3v) is 6.84. The van der Waals surface area contributed by atoms with E-state index < -0.39 is 6.04 Å². The molecular formula is C26H32BrN3O4. The predicted octanol–water partition coefficient (Wildman–Crippen LogP) is 3.98. The maximum Gasteiger partial charge on any atom is 0.253 e. The minimum absolute atomic E-state index is 0.0198. The van der Waals surface area contributed by atoms with Crippen molar-refractivity contribution in [3.8, 4) is 5.75 Å². The molecule has 0 radical (unpaired) electrons. The number of amides is 3. The summed E-state index contributed by atoms with van der Waals surface area (Å²) in [5.41, 5.74) is 1.11. The Morgan fingerprint density at radius 1 is 1.06 bits per heavy atom. The predicted molar refractivity (Wildman–Crippen MR) is 135 cm³/mol. The highest BCUT2D eigenvalue weighted by molar-refractivity contribution is 9.10. The number of piperidine rings is 1. The van der Waals surface area contributed by atoms with Crippen LogP contribution in [-0.4, -0.2) is 66.9 Å². The summed E-state index contributed by atoms with van der Waals surface area (Å²) in [4.78, 5) is 42.8. The smallest absolute Gasteiger partial charge is 0.253 e. The van der Waals surface area contributed by atoms with E-state index in [0.29, 0.717) is 55.9 Å². The zero-order valence-corrected chi connectivity index (χ0v) is 21.5. The van der Waals surface area contributed by atoms with Gasteiger partial charge >= 0.3 is 0 Å². The fraction of sp³-hybridized carbons (Fsp3) is 0.423. The highest BCUT2D eigenvalue weighted by Crippen LogP contribution is 2.25. The largest absolute Gasteiger partial charge is 0.497 e. The number of rotatable bonds is 8. The number of hydrogen-bond acceptors (Lipinski definition) is 4. The number of nitrogens with zero attached hydrogens (tertiary/aromatic N) is 2. The number of ether oxygens (including phenoxy) is 1. The summed E-state index contributed by atoms with van der Waals surface area (Å²) in [6.45, 7) is 6.09. The minimum atomic E-state index is -0.641. The molecule has 1 aliphatic heterocycles. The number of hydrogen-bond donors (Lipinski definition) is 1. The molecule has 2 aromatic rings. The van der Waals surface area contributed by atoms with E-state index in [-0.39, 0.29) is 23.6 Å². The Balaban J connectivity index is 1.72. The van der Waals surface area contributed by atoms with Gasteiger partial charge in [0.1, 0.15) is 11.8 Å². The molecule has 1 atom stereocenters. The highest BCUT2D eigenvalue weighted by Gasteiger charge is 2.35. The van der Waals surface area contributed by atoms with Crippen molar-refractivity contribution in [3.63, 3.8) is 0 Å². The highest BCUT2D eigenvalue weighted by atomic mass is 79.9. The Bertz CT molecular complexity index is 999. The van der Waals surface area contributed by atoms with Gasteiger partial charge in [0.15, 0.2) is 0 Å². The van der Waals surface area contributed by atoms with Gasteiger partial charge in [0, 0.05) is 41.8 Å². The summed E-state index contributed by atoms with van der Waals surface area (Å²) in [6.07, 6.45) is 1.28. The number of carbonyl (C=O) groups is 3. The SMILES string of the molecule is CCN(CC)C(=O)[C@H](NC(=O)c1ccc(OC)cc1)C1CCN(C(=O)c2cccc(Br)c2)CC1. The van der Waals surface area contributed by atoms with E-state index in [1.807, 2.05) is 36.9 Å². The monoisotopic (exact) mass is 529 g/mol. The maximum atomic E-state index is 13.4. The van der Waals surface area contributed by atoms with E-state index >= 15 is 0 Å². The van der Waals surface area contributed by atoms with Gasteiger partial charge in [-0.15, -0.1) is 0 Å². The molecule has 1 aliphatic rings. The minimum Gasteiger partial charge on any atom is -0.497 e. The van der Waals surface area contributed by atoms with Crippen LogP contribution < -0.4 is 10.1 Å². The molecule has 0 spiro atoms. The first-order chi connectivity index (χ1) is 16.4. The first kappa shape index (κ1) is 25.7. The summed E-state index contributed by atoms with van der Waals surface area (Å²) in [5.74, 6) is 0.217. The molecule has 8 heteroatoms. The van der Waals surface area contributed by atoms with E-state index in [4.69, 9.17) is 4.74 Å². The van der Waals surface area contributed by atoms with Crippen molar-refractivity contribution in [1.29, 1.82) is 0 Å². The maximum absolute atomic E-state index is 13.4. The van der Waals surface area contributed by atoms with Crippen molar-refractivity contribution >= 4 is 33.7 Å². The van der Waals surface area contributed by atoms with E-state index in [2.05, 4.69) is 21.2 Å². The summed E-state index contributed by atoms with van der Waals surface area (Å²) in [7, 11) is 1.57. The Morgan fingerprint density at radius 2 is 1.71 bits per heavy atom. The van der Waals surface area contributed by atoms with Crippen LogP contribution in [0.5, 0.6) is 5.75 Å². The summed E-state index contributed by atoms with van der Waals surface area (Å²) in [5, 5.41) is 2.99. The van der Waals surface area contributed by atoms with Crippen molar-refractivity contribution in [2.24, 2.45) is 5.92 Å². The zero-order valence-electron chi connectivity index (χ0n) is 19.9. The molecule has 2 aromatic carbocycles. The fourth-order valence-electron chi connectivity index (χ4n) is 4.32. The lowest BCUT2D eigenvalue weighted by Crippen LogP contribution is -2.54. The molecule has 1 saturated heterocycles. The number of likely N-dealkylation sites (N-methyl/N-ethyl adjacent to an activating group) is 1. The number of halogens is 1. The molecule has 3 amide bonds. The second-order valence-electron chi connectivity index (χ2n) is 8.33. The quantitative estimate of drug-likeness (QED) is 0.560. The average Bonchev–Trinajstić information content (AvgIpc) is 2.87. The van der Waals surface area contributed by atoms with Crippen LogP contribution in [0.1, 0.15) is 47.4 Å². The molecule has 7 nitrogen and oxygen atoms in total. The van der Waals surface area contributed by atoms with Crippen LogP contribution in [0.4, 0.5) is 0 Å². The summed E-state index contributed by atoms with van der Waals surface area (Å²) < 4.78 is 6.03. The number of nitrogens with one attached hydrogen (secondary N) is 1. The molecule has 0 aliphatic carbocycles. The molecule has 182 valence electrons. The average molecular weight is 530 g/mol. The third kappa shape index (κ3) is 6.17. The Morgan fingerprint density at radius 3 is 2.26 bits per heavy atom. The molecule has 1 heterocycles. The van der Waals surface area contributed by atoms with Crippen molar-refractivity contribution < 1.29 is 19.1 Å². The third-order valence-electron chi connectivity index (χ3n) is 6.35. The Hall–Kier alpha value is -2.87. The molecular weight excluding hydrogens is 498 g/mol. The van der Waals surface area contributed by atoms with Gasteiger partial charge in [0.05, 0.1) is 7.11 Å². The first-order valence-electron chi connectivity index (χ1n) is 11.7. The molecule has 0 aromatic heterocycles. The number of benzene rings is 2. The second-order valence-corrected chi connectivity index (χ2v) is 9.25. The molecule has 0 unspecified atom stereocenters. The molecule has 1 N–H and O–H groups in total. The molecule has 3 rings (SSSR count). The standard InChI is InChI=1S/C26H32BrN3O4/c1-4-29(5-2)26(33)23(28-24(31)19-9-11-22(34-3)12-10-19)18-13-15-30(16-14-18)25(32)20-7-6-8-21(27)17-20/h6-12,17-18,23H,4-5,13-16H2,1-3H3,(H,28,31)/t23-/m1/s1. The number of methoxy groups -OCH3 is 1. The van der Waals surface area contributed by atoms with Crippen LogP contribution in [-0.2, 0) is 4.79 Å². The van der Waals surface area contributed by atoms with Gasteiger partial charge in [-0.25, -0.2) is 0 Å². The van der Waals surface area contributed by atoms with E-state index in [1.54, 1.807) is 42.3 Å². The topological polar surface area (TPSA) is 79.0 Å². The molecule has 0 bridgehead atoms. The zero-order chi connectivity index (χ0) is 24.7. The molecule has 34 heavy (non-hydrogen) atoms. The summed E-state index contributed by atoms with van der Waals surface area (Å²) >= 11 is 3.42. The normalized spacial score (nSPS) is 14.9. The Kier molecular flexibility index (Phi) is 9.10. The Labute approximate surface area is 209 Å². The van der Waals surface area contributed by atoms with Crippen LogP contribution in [0, 0.1) is 5.92 Å². The van der Waals surface area contributed by atoms with Gasteiger partial charge in [-0.1, -0.05) is 22.0 Å². The van der Waals surface area contributed by atoms with Crippen molar-refractivity contribution in [3.05, 3.63) is 64.1 Å². The fourth-order valence-corrected chi connectivity index (χ4v) is 4.72. The van der Waals surface area contributed by atoms with Gasteiger partial charge < -0.3 is 19.9 Å². The van der Waals surface area contributed by atoms with E-state index in [0.717, 1.165) is 4.47 Å². The molecule has 0 saturated carbocycles. The number of likely N-dealkylation sites (tertiary alicyclic amines) is 1. The van der Waals surface area contributed by atoms with Gasteiger partial charge in [-0.2, -0.15) is 0 Å². The van der Waals surface area contributed by atoms with Gasteiger partial charge in [0.2, 0.25) is 5.91 Å². The van der Waals surface area contributed by atoms with Crippen molar-refractivity contribution in [1.82, 2.24) is 15.1 Å².